The molecule has 0 aromatic heterocycles. The molecule has 1 saturated heterocycles. The van der Waals surface area contributed by atoms with Crippen LogP contribution in [-0.4, -0.2) is 38.7 Å². The molecule has 0 radical (unpaired) electrons. The van der Waals surface area contributed by atoms with E-state index in [-0.39, 0.29) is 28.0 Å². The number of carbonyl (C=O) groups excluding carboxylic acids is 2. The Kier molecular flexibility index (Phi) is 5.91. The number of rotatable bonds is 5. The van der Waals surface area contributed by atoms with Crippen LogP contribution in [0.1, 0.15) is 21.5 Å². The molecule has 0 aliphatic carbocycles. The zero-order chi connectivity index (χ0) is 20.3. The van der Waals surface area contributed by atoms with E-state index in [2.05, 4.69) is 5.32 Å². The van der Waals surface area contributed by atoms with Crippen molar-refractivity contribution in [2.75, 3.05) is 11.9 Å². The third-order valence-corrected chi connectivity index (χ3v) is 5.36. The van der Waals surface area contributed by atoms with Gasteiger partial charge in [-0.15, -0.1) is 0 Å². The van der Waals surface area contributed by atoms with Crippen molar-refractivity contribution in [2.45, 2.75) is 6.92 Å². The van der Waals surface area contributed by atoms with Crippen LogP contribution in [0, 0.1) is 6.92 Å². The van der Waals surface area contributed by atoms with E-state index in [9.17, 15) is 19.5 Å². The molecule has 0 bridgehead atoms. The quantitative estimate of drug-likeness (QED) is 0.577. The maximum Gasteiger partial charge on any atom is 0.337 e. The summed E-state index contributed by atoms with van der Waals surface area (Å²) < 4.78 is 0.282. The first kappa shape index (κ1) is 19.8. The molecule has 2 amide bonds. The molecule has 0 saturated carbocycles. The Morgan fingerprint density at radius 3 is 2.54 bits per heavy atom. The number of para-hydroxylation sites is 1. The first-order valence-corrected chi connectivity index (χ1v) is 9.52. The van der Waals surface area contributed by atoms with E-state index in [1.165, 1.54) is 17.0 Å². The molecule has 1 aliphatic heterocycles. The molecule has 2 aromatic carbocycles. The molecule has 1 fully saturated rings. The Bertz CT molecular complexity index is 1000. The van der Waals surface area contributed by atoms with E-state index in [0.29, 0.717) is 4.91 Å². The maximum atomic E-state index is 12.6. The molecule has 28 heavy (non-hydrogen) atoms. The topological polar surface area (TPSA) is 86.7 Å². The summed E-state index contributed by atoms with van der Waals surface area (Å²) in [4.78, 5) is 37.9. The molecule has 3 rings (SSSR count). The van der Waals surface area contributed by atoms with Crippen LogP contribution in [0.25, 0.3) is 6.08 Å². The summed E-state index contributed by atoms with van der Waals surface area (Å²) in [7, 11) is 0. The number of benzene rings is 2. The fourth-order valence-corrected chi connectivity index (χ4v) is 3.82. The number of anilines is 1. The predicted molar refractivity (Wildman–Crippen MR) is 113 cm³/mol. The summed E-state index contributed by atoms with van der Waals surface area (Å²) in [6, 6.07) is 13.8. The number of thioether (sulfide) groups is 1. The van der Waals surface area contributed by atoms with E-state index in [1.54, 1.807) is 18.2 Å². The lowest BCUT2D eigenvalue weighted by molar-refractivity contribution is -0.126. The molecule has 1 aliphatic rings. The molecule has 1 heterocycles. The van der Waals surface area contributed by atoms with Crippen molar-refractivity contribution in [3.05, 3.63) is 70.1 Å². The summed E-state index contributed by atoms with van der Waals surface area (Å²) in [6.45, 7) is 1.69. The summed E-state index contributed by atoms with van der Waals surface area (Å²) >= 11 is 6.37. The van der Waals surface area contributed by atoms with Gasteiger partial charge in [0, 0.05) is 0 Å². The molecule has 0 spiro atoms. The second-order valence-electron chi connectivity index (χ2n) is 6.08. The van der Waals surface area contributed by atoms with Gasteiger partial charge < -0.3 is 10.4 Å². The number of thiocarbonyl (C=S) groups is 1. The average molecular weight is 412 g/mol. The highest BCUT2D eigenvalue weighted by Gasteiger charge is 2.33. The Hall–Kier alpha value is -2.97. The van der Waals surface area contributed by atoms with Gasteiger partial charge in [0.2, 0.25) is 5.91 Å². The highest BCUT2D eigenvalue weighted by Crippen LogP contribution is 2.32. The summed E-state index contributed by atoms with van der Waals surface area (Å²) in [5.41, 5.74) is 2.12. The predicted octanol–water partition coefficient (Wildman–Crippen LogP) is 3.53. The van der Waals surface area contributed by atoms with Crippen LogP contribution in [0.15, 0.2) is 53.4 Å². The molecule has 2 aromatic rings. The number of nitrogens with one attached hydrogen (secondary N) is 1. The van der Waals surface area contributed by atoms with E-state index >= 15 is 0 Å². The van der Waals surface area contributed by atoms with Crippen LogP contribution in [0.4, 0.5) is 5.69 Å². The van der Waals surface area contributed by atoms with Gasteiger partial charge in [0.15, 0.2) is 0 Å². The van der Waals surface area contributed by atoms with Crippen molar-refractivity contribution in [3.63, 3.8) is 0 Å². The minimum absolute atomic E-state index is 0.0273. The van der Waals surface area contributed by atoms with E-state index in [0.717, 1.165) is 22.9 Å². The number of carboxylic acids is 1. The van der Waals surface area contributed by atoms with Crippen LogP contribution in [-0.2, 0) is 9.59 Å². The van der Waals surface area contributed by atoms with Gasteiger partial charge in [0.25, 0.3) is 5.91 Å². The van der Waals surface area contributed by atoms with Crippen LogP contribution in [0.5, 0.6) is 0 Å². The fourth-order valence-electron chi connectivity index (χ4n) is 2.56. The molecule has 8 heteroatoms. The smallest absolute Gasteiger partial charge is 0.337 e. The zero-order valence-corrected chi connectivity index (χ0v) is 16.5. The Labute approximate surface area is 171 Å². The first-order valence-electron chi connectivity index (χ1n) is 8.29. The van der Waals surface area contributed by atoms with Crippen LogP contribution >= 0.6 is 24.0 Å². The SMILES string of the molecule is Cc1ccc(/C=C2/SC(=S)N(CC(=O)Nc3ccccc3C(=O)O)C2=O)cc1. The van der Waals surface area contributed by atoms with Gasteiger partial charge in [-0.2, -0.15) is 0 Å². The normalized spacial score (nSPS) is 15.2. The maximum absolute atomic E-state index is 12.6. The highest BCUT2D eigenvalue weighted by molar-refractivity contribution is 8.26. The van der Waals surface area contributed by atoms with Gasteiger partial charge in [0.05, 0.1) is 16.2 Å². The zero-order valence-electron chi connectivity index (χ0n) is 14.8. The van der Waals surface area contributed by atoms with Crippen molar-refractivity contribution in [3.8, 4) is 0 Å². The van der Waals surface area contributed by atoms with Gasteiger partial charge in [-0.05, 0) is 30.7 Å². The van der Waals surface area contributed by atoms with Crippen molar-refractivity contribution in [1.29, 1.82) is 0 Å². The van der Waals surface area contributed by atoms with Crippen LogP contribution in [0.3, 0.4) is 0 Å². The van der Waals surface area contributed by atoms with Gasteiger partial charge in [-0.25, -0.2) is 4.79 Å². The van der Waals surface area contributed by atoms with Crippen LogP contribution in [0.2, 0.25) is 0 Å². The average Bonchev–Trinajstić information content (AvgIpc) is 2.91. The largest absolute Gasteiger partial charge is 0.478 e. The number of aryl methyl sites for hydroxylation is 1. The minimum Gasteiger partial charge on any atom is -0.478 e. The van der Waals surface area contributed by atoms with Crippen molar-refractivity contribution in [2.24, 2.45) is 0 Å². The number of hydrogen-bond donors (Lipinski definition) is 2. The van der Waals surface area contributed by atoms with Crippen LogP contribution < -0.4 is 5.32 Å². The standard InChI is InChI=1S/C20H16N2O4S2/c1-12-6-8-13(9-7-12)10-16-18(24)22(20(27)28-16)11-17(23)21-15-5-3-2-4-14(15)19(25)26/h2-10H,11H2,1H3,(H,21,23)(H,25,26)/b16-10+. The van der Waals surface area contributed by atoms with Crippen molar-refractivity contribution in [1.82, 2.24) is 4.90 Å². The number of carbonyl (C=O) groups is 3. The van der Waals surface area contributed by atoms with E-state index in [1.807, 2.05) is 31.2 Å². The van der Waals surface area contributed by atoms with Gasteiger partial charge >= 0.3 is 5.97 Å². The Morgan fingerprint density at radius 2 is 1.86 bits per heavy atom. The fraction of sp³-hybridized carbons (Fsp3) is 0.100. The second kappa shape index (κ2) is 8.37. The number of aromatic carboxylic acids is 1. The van der Waals surface area contributed by atoms with Gasteiger partial charge in [-0.3, -0.25) is 14.5 Å². The van der Waals surface area contributed by atoms with Gasteiger partial charge in [0.1, 0.15) is 10.9 Å². The lowest BCUT2D eigenvalue weighted by atomic mass is 10.1. The summed E-state index contributed by atoms with van der Waals surface area (Å²) in [6.07, 6.45) is 1.73. The number of carboxylic acid groups (broad SMARTS) is 1. The molecule has 6 nitrogen and oxygen atoms in total. The summed E-state index contributed by atoms with van der Waals surface area (Å²) in [5, 5.41) is 11.7. The Morgan fingerprint density at radius 1 is 1.18 bits per heavy atom. The lowest BCUT2D eigenvalue weighted by Gasteiger charge is -2.15. The Balaban J connectivity index is 1.71. The molecule has 142 valence electrons. The second-order valence-corrected chi connectivity index (χ2v) is 7.75. The van der Waals surface area contributed by atoms with Crippen molar-refractivity contribution < 1.29 is 19.5 Å². The number of hydrogen-bond acceptors (Lipinski definition) is 5. The molecule has 0 atom stereocenters. The molecular weight excluding hydrogens is 396 g/mol. The highest BCUT2D eigenvalue weighted by atomic mass is 32.2. The van der Waals surface area contributed by atoms with E-state index in [4.69, 9.17) is 12.2 Å². The number of amides is 2. The third kappa shape index (κ3) is 4.47. The molecule has 0 unspecified atom stereocenters. The van der Waals surface area contributed by atoms with Crippen molar-refractivity contribution >= 4 is 57.8 Å². The van der Waals surface area contributed by atoms with E-state index < -0.39 is 11.9 Å². The first-order chi connectivity index (χ1) is 13.3. The molecular formula is C20H16N2O4S2. The number of nitrogens with zero attached hydrogens (tertiary/aromatic N) is 1. The molecule has 2 N–H and O–H groups in total. The lowest BCUT2D eigenvalue weighted by Crippen LogP contribution is -2.36. The summed E-state index contributed by atoms with van der Waals surface area (Å²) in [5.74, 6) is -2.03. The third-order valence-electron chi connectivity index (χ3n) is 3.98. The monoisotopic (exact) mass is 412 g/mol. The van der Waals surface area contributed by atoms with Gasteiger partial charge in [-0.1, -0.05) is 65.9 Å². The minimum atomic E-state index is -1.15.